The average molecular weight is 350 g/mol. The van der Waals surface area contributed by atoms with Gasteiger partial charge in [0.1, 0.15) is 0 Å². The highest BCUT2D eigenvalue weighted by Gasteiger charge is 2.33. The molecule has 2 saturated heterocycles. The second-order valence-corrected chi connectivity index (χ2v) is 6.46. The van der Waals surface area contributed by atoms with Crippen LogP contribution in [0.2, 0.25) is 0 Å². The summed E-state index contributed by atoms with van der Waals surface area (Å²) in [5, 5.41) is 8.00. The first kappa shape index (κ1) is 15.3. The Hall–Kier alpha value is -0.100. The van der Waals surface area contributed by atoms with Gasteiger partial charge in [0.05, 0.1) is 15.9 Å². The molecule has 2 aliphatic heterocycles. The number of halogens is 2. The number of hydrogen-bond donors (Lipinski definition) is 1. The Labute approximate surface area is 129 Å². The van der Waals surface area contributed by atoms with E-state index >= 15 is 0 Å². The average Bonchev–Trinajstić information content (AvgIpc) is 2.89. The highest BCUT2D eigenvalue weighted by Crippen LogP contribution is 2.29. The molecule has 2 unspecified atom stereocenters. The molecule has 2 aliphatic rings. The summed E-state index contributed by atoms with van der Waals surface area (Å²) in [6, 6.07) is 0. The maximum Gasteiger partial charge on any atom is 0.0739 e. The molecule has 0 aliphatic carbocycles. The minimum Gasteiger partial charge on any atom is -0.316 e. The standard InChI is InChI=1S/C13H21BrN4.ClH/c1-9-13(14)12(17(2)16-9)8-18-4-3-10-5-15-6-11(10)7-18;/h10-11,15H,3-8H2,1-2H3;1H. The zero-order valence-electron chi connectivity index (χ0n) is 11.5. The third-order valence-electron chi connectivity index (χ3n) is 4.42. The van der Waals surface area contributed by atoms with Crippen LogP contribution in [0.4, 0.5) is 0 Å². The Kier molecular flexibility index (Phi) is 4.93. The van der Waals surface area contributed by atoms with Crippen molar-refractivity contribution in [3.63, 3.8) is 0 Å². The van der Waals surface area contributed by atoms with Gasteiger partial charge in [0.2, 0.25) is 0 Å². The van der Waals surface area contributed by atoms with Gasteiger partial charge in [-0.05, 0) is 60.7 Å². The molecule has 0 saturated carbocycles. The fourth-order valence-electron chi connectivity index (χ4n) is 3.32. The molecule has 3 rings (SSSR count). The molecule has 2 fully saturated rings. The second-order valence-electron chi connectivity index (χ2n) is 5.67. The maximum atomic E-state index is 4.47. The summed E-state index contributed by atoms with van der Waals surface area (Å²) < 4.78 is 3.19. The molecular formula is C13H22BrClN4. The number of nitrogens with one attached hydrogen (secondary N) is 1. The molecule has 1 N–H and O–H groups in total. The SMILES string of the molecule is Cc1nn(C)c(CN2CCC3CNCC3C2)c1Br.Cl. The fraction of sp³-hybridized carbons (Fsp3) is 0.769. The zero-order valence-corrected chi connectivity index (χ0v) is 13.9. The van der Waals surface area contributed by atoms with E-state index in [0.717, 1.165) is 24.1 Å². The van der Waals surface area contributed by atoms with Crippen LogP contribution < -0.4 is 5.32 Å². The van der Waals surface area contributed by atoms with Crippen LogP contribution >= 0.6 is 28.3 Å². The first-order chi connectivity index (χ1) is 8.65. The van der Waals surface area contributed by atoms with E-state index in [-0.39, 0.29) is 12.4 Å². The summed E-state index contributed by atoms with van der Waals surface area (Å²) >= 11 is 3.66. The highest BCUT2D eigenvalue weighted by molar-refractivity contribution is 9.10. The van der Waals surface area contributed by atoms with Crippen molar-refractivity contribution in [2.75, 3.05) is 26.2 Å². The largest absolute Gasteiger partial charge is 0.316 e. The van der Waals surface area contributed by atoms with Crippen molar-refractivity contribution in [1.82, 2.24) is 20.0 Å². The summed E-state index contributed by atoms with van der Waals surface area (Å²) in [6.07, 6.45) is 1.34. The van der Waals surface area contributed by atoms with Crippen molar-refractivity contribution in [3.05, 3.63) is 15.9 Å². The number of nitrogens with zero attached hydrogens (tertiary/aromatic N) is 3. The van der Waals surface area contributed by atoms with Crippen LogP contribution in [0.3, 0.4) is 0 Å². The van der Waals surface area contributed by atoms with Crippen molar-refractivity contribution in [1.29, 1.82) is 0 Å². The second kappa shape index (κ2) is 6.12. The quantitative estimate of drug-likeness (QED) is 0.886. The third kappa shape index (κ3) is 2.99. The van der Waals surface area contributed by atoms with E-state index in [2.05, 4.69) is 38.2 Å². The van der Waals surface area contributed by atoms with E-state index < -0.39 is 0 Å². The molecule has 2 atom stereocenters. The number of aryl methyl sites for hydroxylation is 2. The molecule has 0 spiro atoms. The fourth-order valence-corrected chi connectivity index (χ4v) is 3.78. The number of fused-ring (bicyclic) bond motifs is 1. The predicted octanol–water partition coefficient (Wildman–Crippen LogP) is 1.95. The molecule has 1 aromatic heterocycles. The summed E-state index contributed by atoms with van der Waals surface area (Å²) in [4.78, 5) is 2.58. The molecule has 0 bridgehead atoms. The summed E-state index contributed by atoms with van der Waals surface area (Å²) in [7, 11) is 2.04. The third-order valence-corrected chi connectivity index (χ3v) is 5.46. The van der Waals surface area contributed by atoms with Crippen LogP contribution in [-0.4, -0.2) is 40.9 Å². The first-order valence-corrected chi connectivity index (χ1v) is 7.55. The molecule has 3 heterocycles. The van der Waals surface area contributed by atoms with Gasteiger partial charge in [0.15, 0.2) is 0 Å². The molecule has 4 nitrogen and oxygen atoms in total. The summed E-state index contributed by atoms with van der Waals surface area (Å²) in [6.45, 7) is 7.95. The van der Waals surface area contributed by atoms with Gasteiger partial charge in [-0.1, -0.05) is 0 Å². The molecule has 19 heavy (non-hydrogen) atoms. The number of rotatable bonds is 2. The molecule has 0 amide bonds. The van der Waals surface area contributed by atoms with E-state index in [0.29, 0.717) is 0 Å². The van der Waals surface area contributed by atoms with Crippen molar-refractivity contribution < 1.29 is 0 Å². The lowest BCUT2D eigenvalue weighted by molar-refractivity contribution is 0.139. The van der Waals surface area contributed by atoms with Crippen molar-refractivity contribution in [3.8, 4) is 0 Å². The molecule has 1 aromatic rings. The Morgan fingerprint density at radius 3 is 2.79 bits per heavy atom. The Morgan fingerprint density at radius 2 is 2.11 bits per heavy atom. The van der Waals surface area contributed by atoms with E-state index in [9.17, 15) is 0 Å². The van der Waals surface area contributed by atoms with Crippen LogP contribution in [-0.2, 0) is 13.6 Å². The summed E-state index contributed by atoms with van der Waals surface area (Å²) in [5.41, 5.74) is 2.39. The molecule has 108 valence electrons. The van der Waals surface area contributed by atoms with E-state index in [1.54, 1.807) is 0 Å². The van der Waals surface area contributed by atoms with Gasteiger partial charge in [0, 0.05) is 20.1 Å². The Balaban J connectivity index is 0.00000133. The predicted molar refractivity (Wildman–Crippen MR) is 82.6 cm³/mol. The van der Waals surface area contributed by atoms with Gasteiger partial charge >= 0.3 is 0 Å². The van der Waals surface area contributed by atoms with Crippen LogP contribution in [0, 0.1) is 18.8 Å². The van der Waals surface area contributed by atoms with E-state index in [4.69, 9.17) is 0 Å². The molecule has 6 heteroatoms. The Bertz CT molecular complexity index is 448. The number of hydrogen-bond acceptors (Lipinski definition) is 3. The van der Waals surface area contributed by atoms with E-state index in [1.165, 1.54) is 42.8 Å². The number of piperidine rings is 1. The minimum absolute atomic E-state index is 0. The van der Waals surface area contributed by atoms with Crippen LogP contribution in [0.25, 0.3) is 0 Å². The zero-order chi connectivity index (χ0) is 12.7. The monoisotopic (exact) mass is 348 g/mol. The van der Waals surface area contributed by atoms with Crippen LogP contribution in [0.1, 0.15) is 17.8 Å². The minimum atomic E-state index is 0. The van der Waals surface area contributed by atoms with Gasteiger partial charge in [0.25, 0.3) is 0 Å². The molecular weight excluding hydrogens is 328 g/mol. The number of likely N-dealkylation sites (tertiary alicyclic amines) is 1. The highest BCUT2D eigenvalue weighted by atomic mass is 79.9. The lowest BCUT2D eigenvalue weighted by atomic mass is 9.89. The van der Waals surface area contributed by atoms with Crippen molar-refractivity contribution in [2.45, 2.75) is 19.9 Å². The van der Waals surface area contributed by atoms with Gasteiger partial charge < -0.3 is 5.32 Å². The lowest BCUT2D eigenvalue weighted by Crippen LogP contribution is -2.39. The van der Waals surface area contributed by atoms with Gasteiger partial charge in [-0.15, -0.1) is 12.4 Å². The normalized spacial score (nSPS) is 27.1. The Morgan fingerprint density at radius 1 is 1.37 bits per heavy atom. The van der Waals surface area contributed by atoms with Crippen molar-refractivity contribution >= 4 is 28.3 Å². The molecule has 0 aromatic carbocycles. The van der Waals surface area contributed by atoms with E-state index in [1.807, 2.05) is 11.7 Å². The summed E-state index contributed by atoms with van der Waals surface area (Å²) in [5.74, 6) is 1.77. The van der Waals surface area contributed by atoms with Gasteiger partial charge in [-0.25, -0.2) is 0 Å². The van der Waals surface area contributed by atoms with Gasteiger partial charge in [-0.3, -0.25) is 9.58 Å². The maximum absolute atomic E-state index is 4.47. The first-order valence-electron chi connectivity index (χ1n) is 6.76. The van der Waals surface area contributed by atoms with Crippen LogP contribution in [0.15, 0.2) is 4.47 Å². The number of aromatic nitrogens is 2. The van der Waals surface area contributed by atoms with Crippen molar-refractivity contribution in [2.24, 2.45) is 18.9 Å². The van der Waals surface area contributed by atoms with Crippen LogP contribution in [0.5, 0.6) is 0 Å². The lowest BCUT2D eigenvalue weighted by Gasteiger charge is -2.34. The molecule has 0 radical (unpaired) electrons. The van der Waals surface area contributed by atoms with Gasteiger partial charge in [-0.2, -0.15) is 5.10 Å². The topological polar surface area (TPSA) is 33.1 Å². The smallest absolute Gasteiger partial charge is 0.0739 e.